The van der Waals surface area contributed by atoms with Crippen molar-refractivity contribution in [1.29, 1.82) is 0 Å². The van der Waals surface area contributed by atoms with Gasteiger partial charge in [-0.15, -0.1) is 0 Å². The molecule has 0 spiro atoms. The van der Waals surface area contributed by atoms with E-state index in [-0.39, 0.29) is 25.7 Å². The van der Waals surface area contributed by atoms with Crippen LogP contribution in [0.1, 0.15) is 220 Å². The van der Waals surface area contributed by atoms with Crippen molar-refractivity contribution in [2.45, 2.75) is 239 Å². The minimum Gasteiger partial charge on any atom is -0.462 e. The molecule has 0 aromatic carbocycles. The van der Waals surface area contributed by atoms with Crippen LogP contribution in [0.4, 0.5) is 0 Å². The number of rotatable bonds is 48. The van der Waals surface area contributed by atoms with Crippen LogP contribution >= 0.6 is 15.6 Å². The third-order valence-corrected chi connectivity index (χ3v) is 12.5. The lowest BCUT2D eigenvalue weighted by Crippen LogP contribution is -2.30. The summed E-state index contributed by atoms with van der Waals surface area (Å²) in [6.45, 7) is 4.45. The van der Waals surface area contributed by atoms with Crippen LogP contribution < -0.4 is 0 Å². The van der Waals surface area contributed by atoms with Crippen molar-refractivity contribution >= 4 is 39.5 Å². The number of carbonyl (C=O) groups is 4. The Morgan fingerprint density at radius 3 is 0.924 bits per heavy atom. The predicted molar refractivity (Wildman–Crippen MR) is 252 cm³/mol. The molecule has 0 saturated carbocycles. The Balaban J connectivity index is 5.12. The lowest BCUT2D eigenvalue weighted by molar-refractivity contribution is -0.161. The zero-order chi connectivity index (χ0) is 49.2. The van der Waals surface area contributed by atoms with Crippen molar-refractivity contribution < 1.29 is 80.2 Å². The average Bonchev–Trinajstić information content (AvgIpc) is 3.28. The van der Waals surface area contributed by atoms with Gasteiger partial charge in [0, 0.05) is 25.7 Å². The molecule has 0 bridgehead atoms. The van der Waals surface area contributed by atoms with Gasteiger partial charge in [-0.3, -0.25) is 37.3 Å². The molecule has 0 fully saturated rings. The molecule has 0 amide bonds. The first kappa shape index (κ1) is 64.1. The molecule has 0 radical (unpaired) electrons. The predicted octanol–water partition coefficient (Wildman–Crippen LogP) is 11.3. The molecule has 0 aliphatic rings. The van der Waals surface area contributed by atoms with Crippen molar-refractivity contribution in [3.8, 4) is 0 Å². The maximum atomic E-state index is 12.8. The van der Waals surface area contributed by atoms with E-state index in [0.717, 1.165) is 89.9 Å². The minimum absolute atomic E-state index is 0.0979. The van der Waals surface area contributed by atoms with E-state index in [9.17, 15) is 43.2 Å². The Hall–Kier alpha value is -1.94. The first-order valence-corrected chi connectivity index (χ1v) is 28.3. The van der Waals surface area contributed by atoms with Crippen molar-refractivity contribution in [2.24, 2.45) is 0 Å². The molecule has 5 atom stereocenters. The average molecular weight is 989 g/mol. The van der Waals surface area contributed by atoms with Crippen molar-refractivity contribution in [1.82, 2.24) is 0 Å². The van der Waals surface area contributed by atoms with Crippen molar-refractivity contribution in [2.75, 3.05) is 39.6 Å². The Labute approximate surface area is 397 Å². The number of hydrogen-bond donors (Lipinski definition) is 3. The monoisotopic (exact) mass is 989 g/mol. The highest BCUT2D eigenvalue weighted by Gasteiger charge is 2.30. The fraction of sp³-hybridized carbons (Fsp3) is 0.915. The van der Waals surface area contributed by atoms with Gasteiger partial charge in [0.05, 0.1) is 26.4 Å². The summed E-state index contributed by atoms with van der Waals surface area (Å²) in [6, 6.07) is 0. The quantitative estimate of drug-likeness (QED) is 0.0222. The van der Waals surface area contributed by atoms with E-state index in [1.54, 1.807) is 0 Å². The number of ether oxygens (including phenoxy) is 4. The summed E-state index contributed by atoms with van der Waals surface area (Å²) >= 11 is 0. The molecule has 19 heteroatoms. The number of phosphoric acid groups is 2. The van der Waals surface area contributed by atoms with Crippen LogP contribution in [0.3, 0.4) is 0 Å². The second kappa shape index (κ2) is 43.1. The van der Waals surface area contributed by atoms with Gasteiger partial charge >= 0.3 is 39.5 Å². The summed E-state index contributed by atoms with van der Waals surface area (Å²) in [6.07, 6.45) is 22.4. The van der Waals surface area contributed by atoms with Crippen LogP contribution in [-0.4, -0.2) is 96.7 Å². The summed E-state index contributed by atoms with van der Waals surface area (Å²) in [7, 11) is -9.82. The van der Waals surface area contributed by atoms with Gasteiger partial charge in [-0.25, -0.2) is 9.13 Å². The summed E-state index contributed by atoms with van der Waals surface area (Å²) < 4.78 is 66.6. The van der Waals surface area contributed by atoms with Crippen LogP contribution in [-0.2, 0) is 65.4 Å². The molecule has 66 heavy (non-hydrogen) atoms. The minimum atomic E-state index is -4.92. The third-order valence-electron chi connectivity index (χ3n) is 10.6. The number of aliphatic hydroxyl groups excluding tert-OH is 1. The topological polar surface area (TPSA) is 237 Å². The van der Waals surface area contributed by atoms with Crippen LogP contribution in [0, 0.1) is 0 Å². The standard InChI is InChI=1S/C47H90O17P2/c1-5-9-13-16-18-20-21-23-26-30-34-47(52)64-43(38-58-45(50)32-28-25-22-19-17-14-10-6-2)40-62-66(55,56)60-36-41(48)35-59-65(53,54)61-39-42(37-57-44(49)31-27-12-8-4)63-46(51)33-29-24-15-11-7-3/h41-43,48H,5-40H2,1-4H3,(H,53,54)(H,55,56)/t41-,42-,43-/m1/s1. The van der Waals surface area contributed by atoms with E-state index < -0.39 is 97.5 Å². The Morgan fingerprint density at radius 2 is 0.606 bits per heavy atom. The molecule has 0 aromatic heterocycles. The van der Waals surface area contributed by atoms with Gasteiger partial charge < -0.3 is 33.8 Å². The highest BCUT2D eigenvalue weighted by Crippen LogP contribution is 2.45. The van der Waals surface area contributed by atoms with Gasteiger partial charge in [0.2, 0.25) is 0 Å². The molecule has 0 heterocycles. The molecule has 0 rings (SSSR count). The molecule has 0 aromatic rings. The number of aliphatic hydroxyl groups is 1. The second-order valence-corrected chi connectivity index (χ2v) is 20.0. The summed E-state index contributed by atoms with van der Waals surface area (Å²) in [5.41, 5.74) is 0. The largest absolute Gasteiger partial charge is 0.472 e. The van der Waals surface area contributed by atoms with E-state index in [4.69, 9.17) is 37.0 Å². The normalized spacial score (nSPS) is 14.7. The number of esters is 4. The SMILES string of the molecule is CCCCCCCCCCCCC(=O)O[C@H](COC(=O)CCCCCCCCCC)COP(=O)(O)OC[C@H](O)COP(=O)(O)OC[C@@H](COC(=O)CCCCC)OC(=O)CCCCCCC. The number of phosphoric ester groups is 2. The van der Waals surface area contributed by atoms with E-state index in [0.29, 0.717) is 25.7 Å². The van der Waals surface area contributed by atoms with Gasteiger partial charge in [0.25, 0.3) is 0 Å². The van der Waals surface area contributed by atoms with Crippen LogP contribution in [0.5, 0.6) is 0 Å². The van der Waals surface area contributed by atoms with Crippen molar-refractivity contribution in [3.63, 3.8) is 0 Å². The van der Waals surface area contributed by atoms with Gasteiger partial charge in [-0.05, 0) is 25.7 Å². The smallest absolute Gasteiger partial charge is 0.462 e. The van der Waals surface area contributed by atoms with Gasteiger partial charge in [0.15, 0.2) is 12.2 Å². The lowest BCUT2D eigenvalue weighted by Gasteiger charge is -2.21. The molecule has 17 nitrogen and oxygen atoms in total. The highest BCUT2D eigenvalue weighted by atomic mass is 31.2. The van der Waals surface area contributed by atoms with Crippen LogP contribution in [0.25, 0.3) is 0 Å². The summed E-state index contributed by atoms with van der Waals surface area (Å²) in [5, 5.41) is 10.4. The Kier molecular flexibility index (Phi) is 41.8. The molecule has 0 aliphatic heterocycles. The molecule has 0 saturated heterocycles. The Bertz CT molecular complexity index is 1320. The van der Waals surface area contributed by atoms with E-state index in [1.165, 1.54) is 51.4 Å². The molecular weight excluding hydrogens is 898 g/mol. The van der Waals surface area contributed by atoms with Crippen molar-refractivity contribution in [3.05, 3.63) is 0 Å². The zero-order valence-corrected chi connectivity index (χ0v) is 42.9. The number of unbranched alkanes of at least 4 members (excludes halogenated alkanes) is 22. The second-order valence-electron chi connectivity index (χ2n) is 17.1. The first-order chi connectivity index (χ1) is 31.7. The fourth-order valence-corrected chi connectivity index (χ4v) is 8.21. The summed E-state index contributed by atoms with van der Waals surface area (Å²) in [4.78, 5) is 70.5. The number of hydrogen-bond acceptors (Lipinski definition) is 15. The molecule has 3 N–H and O–H groups in total. The van der Waals surface area contributed by atoms with E-state index in [2.05, 4.69) is 20.8 Å². The summed E-state index contributed by atoms with van der Waals surface area (Å²) in [5.74, 6) is -2.20. The maximum absolute atomic E-state index is 12.8. The maximum Gasteiger partial charge on any atom is 0.472 e. The highest BCUT2D eigenvalue weighted by molar-refractivity contribution is 7.47. The van der Waals surface area contributed by atoms with E-state index in [1.807, 2.05) is 6.92 Å². The van der Waals surface area contributed by atoms with Gasteiger partial charge in [-0.2, -0.15) is 0 Å². The van der Waals surface area contributed by atoms with E-state index >= 15 is 0 Å². The van der Waals surface area contributed by atoms with Crippen LogP contribution in [0.2, 0.25) is 0 Å². The van der Waals surface area contributed by atoms with Gasteiger partial charge in [-0.1, -0.05) is 169 Å². The Morgan fingerprint density at radius 1 is 0.364 bits per heavy atom. The number of carbonyl (C=O) groups excluding carboxylic acids is 4. The molecule has 2 unspecified atom stereocenters. The molecule has 390 valence electrons. The zero-order valence-electron chi connectivity index (χ0n) is 41.1. The van der Waals surface area contributed by atoms with Crippen LogP contribution in [0.15, 0.2) is 0 Å². The molecular formula is C47H90O17P2. The van der Waals surface area contributed by atoms with Gasteiger partial charge in [0.1, 0.15) is 19.3 Å². The first-order valence-electron chi connectivity index (χ1n) is 25.3. The fourth-order valence-electron chi connectivity index (χ4n) is 6.63. The lowest BCUT2D eigenvalue weighted by atomic mass is 10.1. The molecule has 0 aliphatic carbocycles. The third kappa shape index (κ3) is 42.2.